The van der Waals surface area contributed by atoms with Crippen LogP contribution < -0.4 is 10.1 Å². The standard InChI is InChI=1S/C27H26ClN3O2S/c1-16-8-9-20(13-22(16)28)29-26(32)15-34-27-14-23(19-6-5-7-21(12-19)33-4)30-24-10-17(2)18(3)11-25(24)31-27/h5-13H,14-15H2,1-4H3,(H,29,32). The van der Waals surface area contributed by atoms with Crippen LogP contribution in [-0.4, -0.2) is 29.5 Å². The molecule has 1 aliphatic rings. The second-order valence-corrected chi connectivity index (χ2v) is 9.65. The van der Waals surface area contributed by atoms with E-state index in [0.29, 0.717) is 17.1 Å². The average molecular weight is 492 g/mol. The number of benzene rings is 3. The molecule has 0 atom stereocenters. The molecule has 1 amide bonds. The van der Waals surface area contributed by atoms with E-state index >= 15 is 0 Å². The van der Waals surface area contributed by atoms with Crippen LogP contribution in [0.2, 0.25) is 5.02 Å². The van der Waals surface area contributed by atoms with Gasteiger partial charge in [0.05, 0.1) is 35.0 Å². The quantitative estimate of drug-likeness (QED) is 0.410. The van der Waals surface area contributed by atoms with Crippen molar-refractivity contribution < 1.29 is 9.53 Å². The van der Waals surface area contributed by atoms with Crippen LogP contribution in [0.3, 0.4) is 0 Å². The number of nitrogens with zero attached hydrogens (tertiary/aromatic N) is 2. The highest BCUT2D eigenvalue weighted by Gasteiger charge is 2.18. The maximum atomic E-state index is 12.6. The number of hydrogen-bond donors (Lipinski definition) is 1. The number of thioether (sulfide) groups is 1. The van der Waals surface area contributed by atoms with Crippen molar-refractivity contribution in [2.24, 2.45) is 9.98 Å². The predicted octanol–water partition coefficient (Wildman–Crippen LogP) is 7.20. The largest absolute Gasteiger partial charge is 0.497 e. The predicted molar refractivity (Wildman–Crippen MR) is 144 cm³/mol. The van der Waals surface area contributed by atoms with E-state index in [2.05, 4.69) is 31.3 Å². The van der Waals surface area contributed by atoms with Crippen LogP contribution in [0.5, 0.6) is 5.75 Å². The third-order valence-corrected chi connectivity index (χ3v) is 7.02. The van der Waals surface area contributed by atoms with Crippen molar-refractivity contribution in [1.29, 1.82) is 0 Å². The Hall–Kier alpha value is -3.09. The number of methoxy groups -OCH3 is 1. The van der Waals surface area contributed by atoms with E-state index in [9.17, 15) is 4.79 Å². The Kier molecular flexibility index (Phi) is 7.39. The summed E-state index contributed by atoms with van der Waals surface area (Å²) in [5.41, 5.74) is 7.46. The van der Waals surface area contributed by atoms with Crippen LogP contribution in [0.25, 0.3) is 0 Å². The highest BCUT2D eigenvalue weighted by molar-refractivity contribution is 8.14. The zero-order valence-corrected chi connectivity index (χ0v) is 21.2. The number of aryl methyl sites for hydroxylation is 3. The summed E-state index contributed by atoms with van der Waals surface area (Å²) in [5, 5.41) is 4.37. The smallest absolute Gasteiger partial charge is 0.234 e. The van der Waals surface area contributed by atoms with Gasteiger partial charge in [-0.2, -0.15) is 0 Å². The maximum Gasteiger partial charge on any atom is 0.234 e. The van der Waals surface area contributed by atoms with Gasteiger partial charge in [-0.25, -0.2) is 4.99 Å². The second kappa shape index (κ2) is 10.5. The number of ether oxygens (including phenoxy) is 1. The summed E-state index contributed by atoms with van der Waals surface area (Å²) >= 11 is 7.60. The number of rotatable bonds is 5. The number of halogens is 1. The van der Waals surface area contributed by atoms with Crippen LogP contribution in [0, 0.1) is 20.8 Å². The number of carbonyl (C=O) groups excluding carboxylic acids is 1. The van der Waals surface area contributed by atoms with Gasteiger partial charge in [0.25, 0.3) is 0 Å². The molecule has 0 saturated carbocycles. The summed E-state index contributed by atoms with van der Waals surface area (Å²) in [6, 6.07) is 17.5. The van der Waals surface area contributed by atoms with E-state index in [4.69, 9.17) is 26.3 Å². The molecule has 3 aromatic carbocycles. The van der Waals surface area contributed by atoms with Crippen LogP contribution in [0.4, 0.5) is 17.1 Å². The number of amides is 1. The SMILES string of the molecule is COc1cccc(C2=Nc3cc(C)c(C)cc3N=C(SCC(=O)Nc3ccc(C)c(Cl)c3)C2)c1. The molecule has 0 aromatic heterocycles. The summed E-state index contributed by atoms with van der Waals surface area (Å²) in [6.07, 6.45) is 0.522. The van der Waals surface area contributed by atoms with Crippen LogP contribution >= 0.6 is 23.4 Å². The van der Waals surface area contributed by atoms with Crippen LogP contribution in [0.1, 0.15) is 28.7 Å². The fourth-order valence-corrected chi connectivity index (χ4v) is 4.49. The maximum absolute atomic E-state index is 12.6. The molecule has 34 heavy (non-hydrogen) atoms. The summed E-state index contributed by atoms with van der Waals surface area (Å²) in [7, 11) is 1.65. The number of nitrogens with one attached hydrogen (secondary N) is 1. The Morgan fingerprint density at radius 3 is 2.44 bits per heavy atom. The van der Waals surface area contributed by atoms with E-state index in [0.717, 1.165) is 50.1 Å². The molecule has 0 saturated heterocycles. The van der Waals surface area contributed by atoms with Crippen molar-refractivity contribution in [3.8, 4) is 5.75 Å². The number of fused-ring (bicyclic) bond motifs is 1. The number of anilines is 1. The second-order valence-electron chi connectivity index (χ2n) is 8.20. The molecule has 4 rings (SSSR count). The van der Waals surface area contributed by atoms with Crippen LogP contribution in [-0.2, 0) is 4.79 Å². The molecular weight excluding hydrogens is 466 g/mol. The lowest BCUT2D eigenvalue weighted by atomic mass is 10.1. The first-order chi connectivity index (χ1) is 16.3. The Balaban J connectivity index is 1.59. The Morgan fingerprint density at radius 2 is 1.74 bits per heavy atom. The molecule has 0 bridgehead atoms. The molecule has 0 aliphatic carbocycles. The third kappa shape index (κ3) is 5.69. The highest BCUT2D eigenvalue weighted by Crippen LogP contribution is 2.36. The third-order valence-electron chi connectivity index (χ3n) is 5.64. The first kappa shape index (κ1) is 24.0. The summed E-state index contributed by atoms with van der Waals surface area (Å²) < 4.78 is 5.41. The van der Waals surface area contributed by atoms with Crippen molar-refractivity contribution in [2.75, 3.05) is 18.2 Å². The van der Waals surface area contributed by atoms with Gasteiger partial charge in [-0.15, -0.1) is 11.8 Å². The monoisotopic (exact) mass is 491 g/mol. The molecule has 5 nitrogen and oxygen atoms in total. The van der Waals surface area contributed by atoms with E-state index < -0.39 is 0 Å². The van der Waals surface area contributed by atoms with Gasteiger partial charge in [0.15, 0.2) is 0 Å². The lowest BCUT2D eigenvalue weighted by Crippen LogP contribution is -2.16. The van der Waals surface area contributed by atoms with Gasteiger partial charge in [0, 0.05) is 22.7 Å². The number of carbonyl (C=O) groups is 1. The molecule has 0 fully saturated rings. The summed E-state index contributed by atoms with van der Waals surface area (Å²) in [4.78, 5) is 22.5. The van der Waals surface area contributed by atoms with Crippen molar-refractivity contribution in [3.63, 3.8) is 0 Å². The van der Waals surface area contributed by atoms with Crippen molar-refractivity contribution in [3.05, 3.63) is 81.9 Å². The Bertz CT molecular complexity index is 1320. The fraction of sp³-hybridized carbons (Fsp3) is 0.222. The van der Waals surface area contributed by atoms with Crippen molar-refractivity contribution in [1.82, 2.24) is 0 Å². The van der Waals surface area contributed by atoms with Gasteiger partial charge >= 0.3 is 0 Å². The molecule has 1 heterocycles. The van der Waals surface area contributed by atoms with Gasteiger partial charge < -0.3 is 10.1 Å². The zero-order chi connectivity index (χ0) is 24.2. The van der Waals surface area contributed by atoms with Crippen molar-refractivity contribution >= 4 is 57.1 Å². The minimum atomic E-state index is -0.114. The fourth-order valence-electron chi connectivity index (χ4n) is 3.54. The van der Waals surface area contributed by atoms with Gasteiger partial charge in [0.1, 0.15) is 5.75 Å². The van der Waals surface area contributed by atoms with Gasteiger partial charge in [-0.3, -0.25) is 9.79 Å². The first-order valence-corrected chi connectivity index (χ1v) is 12.3. The number of aliphatic imine (C=N–C) groups is 2. The van der Waals surface area contributed by atoms with Crippen LogP contribution in [0.15, 0.2) is 64.6 Å². The zero-order valence-electron chi connectivity index (χ0n) is 19.6. The molecule has 3 aromatic rings. The van der Waals surface area contributed by atoms with E-state index in [1.807, 2.05) is 43.3 Å². The average Bonchev–Trinajstić information content (AvgIpc) is 2.99. The first-order valence-electron chi connectivity index (χ1n) is 10.9. The highest BCUT2D eigenvalue weighted by atomic mass is 35.5. The van der Waals surface area contributed by atoms with E-state index in [1.54, 1.807) is 13.2 Å². The minimum absolute atomic E-state index is 0.114. The molecule has 174 valence electrons. The normalized spacial score (nSPS) is 12.9. The molecular formula is C27H26ClN3O2S. The summed E-state index contributed by atoms with van der Waals surface area (Å²) in [5.74, 6) is 0.889. The molecule has 0 unspecified atom stereocenters. The molecule has 7 heteroatoms. The summed E-state index contributed by atoms with van der Waals surface area (Å²) in [6.45, 7) is 6.06. The number of hydrogen-bond acceptors (Lipinski definition) is 5. The van der Waals surface area contributed by atoms with Gasteiger partial charge in [0.2, 0.25) is 5.91 Å². The Labute approximate surface area is 209 Å². The lowest BCUT2D eigenvalue weighted by molar-refractivity contribution is -0.113. The molecule has 0 radical (unpaired) electrons. The Morgan fingerprint density at radius 1 is 1.00 bits per heavy atom. The van der Waals surface area contributed by atoms with Gasteiger partial charge in [-0.05, 0) is 73.9 Å². The van der Waals surface area contributed by atoms with E-state index in [1.165, 1.54) is 11.8 Å². The van der Waals surface area contributed by atoms with Crippen molar-refractivity contribution in [2.45, 2.75) is 27.2 Å². The molecule has 1 N–H and O–H groups in total. The lowest BCUT2D eigenvalue weighted by Gasteiger charge is -2.10. The molecule has 0 spiro atoms. The van der Waals surface area contributed by atoms with E-state index in [-0.39, 0.29) is 11.7 Å². The van der Waals surface area contributed by atoms with Gasteiger partial charge in [-0.1, -0.05) is 29.8 Å². The minimum Gasteiger partial charge on any atom is -0.497 e. The topological polar surface area (TPSA) is 63.1 Å². The molecule has 1 aliphatic heterocycles.